The molecule has 1 aliphatic rings. The van der Waals surface area contributed by atoms with Crippen LogP contribution in [0.2, 0.25) is 5.02 Å². The fraction of sp³-hybridized carbons (Fsp3) is 0.190. The van der Waals surface area contributed by atoms with Crippen LogP contribution in [0.25, 0.3) is 27.6 Å². The van der Waals surface area contributed by atoms with Gasteiger partial charge in [0.25, 0.3) is 5.91 Å². The number of rotatable bonds is 3. The number of amides is 1. The number of halogens is 2. The number of carbonyl (C=O) groups excluding carboxylic acids is 1. The number of pyridine rings is 1. The number of imidazole rings is 1. The van der Waals surface area contributed by atoms with E-state index in [1.807, 2.05) is 10.6 Å². The van der Waals surface area contributed by atoms with Gasteiger partial charge in [-0.1, -0.05) is 11.6 Å². The molecule has 1 fully saturated rings. The Morgan fingerprint density at radius 2 is 1.93 bits per heavy atom. The molecule has 7 nitrogen and oxygen atoms in total. The van der Waals surface area contributed by atoms with E-state index >= 15 is 0 Å². The summed E-state index contributed by atoms with van der Waals surface area (Å²) in [6.07, 6.45) is 3.18. The van der Waals surface area contributed by atoms with Crippen molar-refractivity contribution >= 4 is 45.1 Å². The molecule has 0 atom stereocenters. The molecule has 1 aliphatic heterocycles. The number of nitrogens with two attached hydrogens (primary N) is 1. The number of hydrogen-bond donors (Lipinski definition) is 1. The third kappa shape index (κ3) is 2.96. The molecule has 5 rings (SSSR count). The largest absolute Gasteiger partial charge is 0.378 e. The van der Waals surface area contributed by atoms with Gasteiger partial charge in [-0.05, 0) is 30.3 Å². The van der Waals surface area contributed by atoms with E-state index in [-0.39, 0.29) is 5.02 Å². The number of nitrogens with zero attached hydrogens (tertiary/aromatic N) is 4. The van der Waals surface area contributed by atoms with Crippen LogP contribution >= 0.6 is 11.6 Å². The molecular weight excluding hydrogens is 409 g/mol. The van der Waals surface area contributed by atoms with Crippen LogP contribution in [0.15, 0.2) is 42.9 Å². The average molecular weight is 426 g/mol. The molecule has 30 heavy (non-hydrogen) atoms. The molecule has 1 saturated heterocycles. The zero-order chi connectivity index (χ0) is 20.8. The molecule has 152 valence electrons. The van der Waals surface area contributed by atoms with Crippen molar-refractivity contribution in [3.63, 3.8) is 0 Å². The van der Waals surface area contributed by atoms with Crippen LogP contribution in [0.1, 0.15) is 10.4 Å². The van der Waals surface area contributed by atoms with Crippen molar-refractivity contribution in [2.75, 3.05) is 31.2 Å². The van der Waals surface area contributed by atoms with Gasteiger partial charge in [0.1, 0.15) is 22.7 Å². The fourth-order valence-electron chi connectivity index (χ4n) is 3.84. The Balaban J connectivity index is 1.77. The molecule has 0 saturated carbocycles. The summed E-state index contributed by atoms with van der Waals surface area (Å²) in [7, 11) is 0. The van der Waals surface area contributed by atoms with E-state index in [0.717, 1.165) is 11.4 Å². The first-order chi connectivity index (χ1) is 14.5. The quantitative estimate of drug-likeness (QED) is 0.544. The Labute approximate surface area is 175 Å². The van der Waals surface area contributed by atoms with Crippen LogP contribution in [0, 0.1) is 5.82 Å². The average Bonchev–Trinajstić information content (AvgIpc) is 3.19. The first-order valence-corrected chi connectivity index (χ1v) is 9.79. The van der Waals surface area contributed by atoms with Gasteiger partial charge in [0.15, 0.2) is 0 Å². The normalized spacial score (nSPS) is 14.5. The third-order valence-corrected chi connectivity index (χ3v) is 5.68. The number of morpholine rings is 1. The van der Waals surface area contributed by atoms with E-state index < -0.39 is 11.7 Å². The molecule has 0 bridgehead atoms. The molecular formula is C21H17ClFN5O2. The molecule has 0 radical (unpaired) electrons. The van der Waals surface area contributed by atoms with Gasteiger partial charge < -0.3 is 15.4 Å². The number of carbonyl (C=O) groups is 1. The van der Waals surface area contributed by atoms with Crippen molar-refractivity contribution in [2.45, 2.75) is 0 Å². The summed E-state index contributed by atoms with van der Waals surface area (Å²) < 4.78 is 21.2. The Bertz CT molecular complexity index is 1300. The smallest absolute Gasteiger partial charge is 0.251 e. The second kappa shape index (κ2) is 7.23. The summed E-state index contributed by atoms with van der Waals surface area (Å²) in [4.78, 5) is 23.0. The van der Waals surface area contributed by atoms with Crippen LogP contribution in [0.5, 0.6) is 0 Å². The number of anilines is 1. The van der Waals surface area contributed by atoms with E-state index in [1.165, 1.54) is 6.07 Å². The highest BCUT2D eigenvalue weighted by Crippen LogP contribution is 2.32. The van der Waals surface area contributed by atoms with Gasteiger partial charge in [0.2, 0.25) is 0 Å². The highest BCUT2D eigenvalue weighted by Gasteiger charge is 2.20. The Kier molecular flexibility index (Phi) is 4.52. The van der Waals surface area contributed by atoms with Gasteiger partial charge in [-0.2, -0.15) is 0 Å². The number of aromatic nitrogens is 3. The van der Waals surface area contributed by atoms with Crippen molar-refractivity contribution in [3.8, 4) is 5.69 Å². The predicted octanol–water partition coefficient (Wildman–Crippen LogP) is 3.30. The number of fused-ring (bicyclic) bond motifs is 2. The van der Waals surface area contributed by atoms with Crippen molar-refractivity contribution in [2.24, 2.45) is 5.73 Å². The monoisotopic (exact) mass is 425 g/mol. The lowest BCUT2D eigenvalue weighted by molar-refractivity contribution is 0.100. The van der Waals surface area contributed by atoms with Gasteiger partial charge in [-0.3, -0.25) is 14.3 Å². The fourth-order valence-corrected chi connectivity index (χ4v) is 4.05. The summed E-state index contributed by atoms with van der Waals surface area (Å²) in [5.74, 6) is -1.08. The zero-order valence-corrected chi connectivity index (χ0v) is 16.6. The van der Waals surface area contributed by atoms with Crippen molar-refractivity contribution < 1.29 is 13.9 Å². The predicted molar refractivity (Wildman–Crippen MR) is 113 cm³/mol. The SMILES string of the molecule is NC(=O)c1cc(N2CCOCC2)cc2c1ncn2-c1ccnc2c(Cl)c(F)ccc12. The summed E-state index contributed by atoms with van der Waals surface area (Å²) in [6.45, 7) is 2.65. The molecule has 0 unspecified atom stereocenters. The van der Waals surface area contributed by atoms with Crippen molar-refractivity contribution in [1.29, 1.82) is 0 Å². The second-order valence-electron chi connectivity index (χ2n) is 7.03. The van der Waals surface area contributed by atoms with Gasteiger partial charge >= 0.3 is 0 Å². The van der Waals surface area contributed by atoms with E-state index in [0.29, 0.717) is 53.8 Å². The lowest BCUT2D eigenvalue weighted by atomic mass is 10.1. The van der Waals surface area contributed by atoms with Crippen LogP contribution < -0.4 is 10.6 Å². The minimum Gasteiger partial charge on any atom is -0.378 e. The molecule has 2 aromatic heterocycles. The van der Waals surface area contributed by atoms with Gasteiger partial charge in [0, 0.05) is 30.4 Å². The number of ether oxygens (including phenoxy) is 1. The van der Waals surface area contributed by atoms with Crippen LogP contribution in [0.3, 0.4) is 0 Å². The van der Waals surface area contributed by atoms with E-state index in [9.17, 15) is 9.18 Å². The van der Waals surface area contributed by atoms with Gasteiger partial charge in [-0.15, -0.1) is 0 Å². The van der Waals surface area contributed by atoms with Crippen LogP contribution in [0.4, 0.5) is 10.1 Å². The van der Waals surface area contributed by atoms with E-state index in [1.54, 1.807) is 30.7 Å². The Morgan fingerprint density at radius 3 is 2.70 bits per heavy atom. The summed E-state index contributed by atoms with van der Waals surface area (Å²) >= 11 is 6.13. The topological polar surface area (TPSA) is 86.3 Å². The summed E-state index contributed by atoms with van der Waals surface area (Å²) in [5, 5.41) is 0.631. The molecule has 3 heterocycles. The van der Waals surface area contributed by atoms with Gasteiger partial charge in [-0.25, -0.2) is 9.37 Å². The third-order valence-electron chi connectivity index (χ3n) is 5.32. The van der Waals surface area contributed by atoms with E-state index in [4.69, 9.17) is 22.1 Å². The van der Waals surface area contributed by atoms with Crippen molar-refractivity contribution in [1.82, 2.24) is 14.5 Å². The molecule has 0 aliphatic carbocycles. The zero-order valence-electron chi connectivity index (χ0n) is 15.8. The lowest BCUT2D eigenvalue weighted by Crippen LogP contribution is -2.36. The molecule has 0 spiro atoms. The summed E-state index contributed by atoms with van der Waals surface area (Å²) in [5.41, 5.74) is 9.15. The van der Waals surface area contributed by atoms with Crippen LogP contribution in [-0.4, -0.2) is 46.7 Å². The van der Waals surface area contributed by atoms with Crippen molar-refractivity contribution in [3.05, 3.63) is 59.3 Å². The Hall–Kier alpha value is -3.23. The first kappa shape index (κ1) is 18.8. The highest BCUT2D eigenvalue weighted by atomic mass is 35.5. The van der Waals surface area contributed by atoms with Crippen LogP contribution in [-0.2, 0) is 4.74 Å². The minimum absolute atomic E-state index is 0.0365. The highest BCUT2D eigenvalue weighted by molar-refractivity contribution is 6.35. The Morgan fingerprint density at radius 1 is 1.13 bits per heavy atom. The number of primary amides is 1. The molecule has 2 aromatic carbocycles. The molecule has 2 N–H and O–H groups in total. The maximum Gasteiger partial charge on any atom is 0.251 e. The molecule has 1 amide bonds. The summed E-state index contributed by atoms with van der Waals surface area (Å²) in [6, 6.07) is 8.47. The molecule has 4 aromatic rings. The molecule has 9 heteroatoms. The maximum atomic E-state index is 13.9. The van der Waals surface area contributed by atoms with Gasteiger partial charge in [0.05, 0.1) is 35.5 Å². The number of benzene rings is 2. The number of hydrogen-bond acceptors (Lipinski definition) is 5. The van der Waals surface area contributed by atoms with E-state index in [2.05, 4.69) is 14.9 Å². The second-order valence-corrected chi connectivity index (χ2v) is 7.40. The minimum atomic E-state index is -0.551. The first-order valence-electron chi connectivity index (χ1n) is 9.41. The standard InChI is InChI=1S/C21H17ClFN5O2/c22-18-15(23)2-1-13-16(3-4-25-20(13)18)28-11-26-19-14(21(24)29)9-12(10-17(19)28)27-5-7-30-8-6-27/h1-4,9-11H,5-8H2,(H2,24,29). The lowest BCUT2D eigenvalue weighted by Gasteiger charge is -2.29. The maximum absolute atomic E-state index is 13.9.